The summed E-state index contributed by atoms with van der Waals surface area (Å²) >= 11 is 0. The molecule has 1 aromatic rings. The van der Waals surface area contributed by atoms with Crippen molar-refractivity contribution in [2.24, 2.45) is 0 Å². The first-order valence-corrected chi connectivity index (χ1v) is 10.6. The average molecular weight is 413 g/mol. The molecule has 0 saturated carbocycles. The molecular formula is C24H32N2O4. The number of benzene rings is 1. The highest BCUT2D eigenvalue weighted by Crippen LogP contribution is 2.42. The molecule has 1 atom stereocenters. The third-order valence-corrected chi connectivity index (χ3v) is 5.51. The van der Waals surface area contributed by atoms with E-state index in [0.29, 0.717) is 24.2 Å². The Hall–Kier alpha value is -2.60. The predicted octanol–water partition coefficient (Wildman–Crippen LogP) is 3.69. The highest BCUT2D eigenvalue weighted by Gasteiger charge is 2.39. The first-order valence-electron chi connectivity index (χ1n) is 10.6. The summed E-state index contributed by atoms with van der Waals surface area (Å²) in [5.41, 5.74) is 4.88. The van der Waals surface area contributed by atoms with Gasteiger partial charge in [-0.05, 0) is 51.3 Å². The zero-order valence-electron chi connectivity index (χ0n) is 18.6. The van der Waals surface area contributed by atoms with Gasteiger partial charge in [0, 0.05) is 49.1 Å². The first kappa shape index (κ1) is 22.1. The molecule has 0 radical (unpaired) electrons. The van der Waals surface area contributed by atoms with Crippen LogP contribution in [-0.4, -0.2) is 45.2 Å². The van der Waals surface area contributed by atoms with Crippen LogP contribution >= 0.6 is 0 Å². The minimum atomic E-state index is -0.413. The second-order valence-corrected chi connectivity index (χ2v) is 8.31. The minimum absolute atomic E-state index is 0.0801. The standard InChI is InChI=1S/C24H32N2O4/c1-15(2)29-13-14-30-24(28)21-16(3)25-19-7-6-8-20(27)23(19)22(21)17-9-11-18(12-10-17)26(4)5/h9-12,15,22,25H,6-8,13-14H2,1-5H3. The number of dihydropyridines is 1. The number of esters is 1. The summed E-state index contributed by atoms with van der Waals surface area (Å²) in [7, 11) is 3.97. The van der Waals surface area contributed by atoms with Gasteiger partial charge in [-0.1, -0.05) is 12.1 Å². The normalized spacial score (nSPS) is 19.0. The van der Waals surface area contributed by atoms with Crippen LogP contribution in [0.5, 0.6) is 0 Å². The van der Waals surface area contributed by atoms with Crippen molar-refractivity contribution in [2.45, 2.75) is 52.1 Å². The lowest BCUT2D eigenvalue weighted by atomic mass is 9.75. The number of rotatable bonds is 7. The van der Waals surface area contributed by atoms with Gasteiger partial charge in [0.1, 0.15) is 6.61 Å². The van der Waals surface area contributed by atoms with Crippen molar-refractivity contribution in [1.82, 2.24) is 5.32 Å². The number of hydrogen-bond donors (Lipinski definition) is 1. The Labute approximate surface area is 178 Å². The van der Waals surface area contributed by atoms with E-state index in [9.17, 15) is 9.59 Å². The molecule has 6 nitrogen and oxygen atoms in total. The predicted molar refractivity (Wildman–Crippen MR) is 117 cm³/mol. The van der Waals surface area contributed by atoms with Crippen LogP contribution < -0.4 is 10.2 Å². The van der Waals surface area contributed by atoms with Crippen LogP contribution in [0.2, 0.25) is 0 Å². The fourth-order valence-electron chi connectivity index (χ4n) is 4.05. The average Bonchev–Trinajstić information content (AvgIpc) is 2.70. The molecule has 3 rings (SSSR count). The number of hydrogen-bond acceptors (Lipinski definition) is 6. The number of nitrogens with zero attached hydrogens (tertiary/aromatic N) is 1. The third-order valence-electron chi connectivity index (χ3n) is 5.51. The van der Waals surface area contributed by atoms with Gasteiger partial charge < -0.3 is 19.7 Å². The Kier molecular flexibility index (Phi) is 6.98. The number of carbonyl (C=O) groups is 2. The lowest BCUT2D eigenvalue weighted by Gasteiger charge is -2.34. The fraction of sp³-hybridized carbons (Fsp3) is 0.500. The molecule has 0 saturated heterocycles. The molecule has 0 spiro atoms. The van der Waals surface area contributed by atoms with E-state index in [-0.39, 0.29) is 18.5 Å². The maximum atomic E-state index is 13.1. The number of ketones is 1. The number of Topliss-reactive ketones (excluding diaryl/α,β-unsaturated/α-hetero) is 1. The van der Waals surface area contributed by atoms with E-state index in [1.807, 2.05) is 64.0 Å². The van der Waals surface area contributed by atoms with Gasteiger partial charge in [-0.15, -0.1) is 0 Å². The second kappa shape index (κ2) is 9.47. The van der Waals surface area contributed by atoms with Crippen LogP contribution in [0.1, 0.15) is 51.5 Å². The molecule has 0 amide bonds. The maximum Gasteiger partial charge on any atom is 0.336 e. The van der Waals surface area contributed by atoms with Gasteiger partial charge in [-0.25, -0.2) is 4.79 Å². The van der Waals surface area contributed by atoms with E-state index >= 15 is 0 Å². The van der Waals surface area contributed by atoms with E-state index in [1.54, 1.807) is 0 Å². The Morgan fingerprint density at radius 2 is 1.87 bits per heavy atom. The van der Waals surface area contributed by atoms with Crippen LogP contribution in [0, 0.1) is 0 Å². The van der Waals surface area contributed by atoms with Crippen LogP contribution in [0.4, 0.5) is 5.69 Å². The molecule has 162 valence electrons. The summed E-state index contributed by atoms with van der Waals surface area (Å²) in [6.45, 7) is 6.29. The number of carbonyl (C=O) groups excluding carboxylic acids is 2. The Balaban J connectivity index is 1.94. The molecule has 0 fully saturated rings. The van der Waals surface area contributed by atoms with Gasteiger partial charge in [0.15, 0.2) is 5.78 Å². The van der Waals surface area contributed by atoms with Crippen LogP contribution in [0.15, 0.2) is 46.8 Å². The minimum Gasteiger partial charge on any atom is -0.460 e. The summed E-state index contributed by atoms with van der Waals surface area (Å²) in [5, 5.41) is 3.32. The lowest BCUT2D eigenvalue weighted by molar-refractivity contribution is -0.141. The monoisotopic (exact) mass is 412 g/mol. The summed E-state index contributed by atoms with van der Waals surface area (Å²) in [5.74, 6) is -0.714. The molecule has 1 N–H and O–H groups in total. The molecule has 1 aliphatic carbocycles. The Morgan fingerprint density at radius 3 is 2.50 bits per heavy atom. The van der Waals surface area contributed by atoms with E-state index in [2.05, 4.69) is 5.32 Å². The highest BCUT2D eigenvalue weighted by atomic mass is 16.6. The number of anilines is 1. The second-order valence-electron chi connectivity index (χ2n) is 8.31. The molecule has 6 heteroatoms. The summed E-state index contributed by atoms with van der Waals surface area (Å²) in [6.07, 6.45) is 2.24. The van der Waals surface area contributed by atoms with Crippen LogP contribution in [-0.2, 0) is 19.1 Å². The van der Waals surface area contributed by atoms with Gasteiger partial charge >= 0.3 is 5.97 Å². The van der Waals surface area contributed by atoms with Crippen molar-refractivity contribution in [2.75, 3.05) is 32.2 Å². The summed E-state index contributed by atoms with van der Waals surface area (Å²) in [4.78, 5) is 28.0. The first-order chi connectivity index (χ1) is 14.3. The number of ether oxygens (including phenoxy) is 2. The Bertz CT molecular complexity index is 866. The van der Waals surface area contributed by atoms with Crippen LogP contribution in [0.3, 0.4) is 0 Å². The SMILES string of the molecule is CC1=C(C(=O)OCCOC(C)C)C(c2ccc(N(C)C)cc2)C2=C(CCCC2=O)N1. The smallest absolute Gasteiger partial charge is 0.336 e. The largest absolute Gasteiger partial charge is 0.460 e. The van der Waals surface area contributed by atoms with Crippen molar-refractivity contribution in [3.63, 3.8) is 0 Å². The zero-order chi connectivity index (χ0) is 21.8. The van der Waals surface area contributed by atoms with E-state index in [1.165, 1.54) is 0 Å². The highest BCUT2D eigenvalue weighted by molar-refractivity contribution is 6.03. The lowest BCUT2D eigenvalue weighted by Crippen LogP contribution is -2.34. The summed E-state index contributed by atoms with van der Waals surface area (Å²) < 4.78 is 11.0. The van der Waals surface area contributed by atoms with Gasteiger partial charge in [0.05, 0.1) is 18.3 Å². The summed E-state index contributed by atoms with van der Waals surface area (Å²) in [6, 6.07) is 8.03. The topological polar surface area (TPSA) is 67.9 Å². The molecule has 1 heterocycles. The van der Waals surface area contributed by atoms with Crippen molar-refractivity contribution in [1.29, 1.82) is 0 Å². The molecule has 1 aliphatic heterocycles. The van der Waals surface area contributed by atoms with Crippen molar-refractivity contribution in [3.8, 4) is 0 Å². The zero-order valence-corrected chi connectivity index (χ0v) is 18.6. The quantitative estimate of drug-likeness (QED) is 0.544. The van der Waals surface area contributed by atoms with Crippen LogP contribution in [0.25, 0.3) is 0 Å². The number of nitrogens with one attached hydrogen (secondary N) is 1. The van der Waals surface area contributed by atoms with E-state index in [4.69, 9.17) is 9.47 Å². The molecule has 2 aliphatic rings. The molecular weight excluding hydrogens is 380 g/mol. The van der Waals surface area contributed by atoms with Crippen molar-refractivity contribution >= 4 is 17.4 Å². The van der Waals surface area contributed by atoms with Crippen molar-refractivity contribution < 1.29 is 19.1 Å². The molecule has 1 aromatic carbocycles. The molecule has 30 heavy (non-hydrogen) atoms. The van der Waals surface area contributed by atoms with Crippen molar-refractivity contribution in [3.05, 3.63) is 52.4 Å². The van der Waals surface area contributed by atoms with E-state index in [0.717, 1.165) is 35.5 Å². The molecule has 1 unspecified atom stereocenters. The van der Waals surface area contributed by atoms with Gasteiger partial charge in [0.2, 0.25) is 0 Å². The van der Waals surface area contributed by atoms with Gasteiger partial charge in [-0.2, -0.15) is 0 Å². The van der Waals surface area contributed by atoms with Gasteiger partial charge in [0.25, 0.3) is 0 Å². The number of allylic oxidation sites excluding steroid dienone is 3. The molecule has 0 aromatic heterocycles. The Morgan fingerprint density at radius 1 is 1.17 bits per heavy atom. The van der Waals surface area contributed by atoms with E-state index < -0.39 is 11.9 Å². The molecule has 0 bridgehead atoms. The third kappa shape index (κ3) is 4.75. The fourth-order valence-corrected chi connectivity index (χ4v) is 4.05. The maximum absolute atomic E-state index is 13.1. The van der Waals surface area contributed by atoms with Gasteiger partial charge in [-0.3, -0.25) is 4.79 Å².